The zero-order valence-corrected chi connectivity index (χ0v) is 18.8. The Morgan fingerprint density at radius 1 is 1.19 bits per heavy atom. The number of ether oxygens (including phenoxy) is 1. The first-order chi connectivity index (χ1) is 15.0. The fourth-order valence-electron chi connectivity index (χ4n) is 4.97. The summed E-state index contributed by atoms with van der Waals surface area (Å²) in [5.74, 6) is 1.90. The predicted molar refractivity (Wildman–Crippen MR) is 116 cm³/mol. The molecule has 1 saturated carbocycles. The highest BCUT2D eigenvalue weighted by molar-refractivity contribution is 5.93. The maximum Gasteiger partial charge on any atom is 0.272 e. The van der Waals surface area contributed by atoms with Crippen molar-refractivity contribution in [2.45, 2.75) is 58.2 Å². The van der Waals surface area contributed by atoms with Gasteiger partial charge in [-0.25, -0.2) is 15.0 Å². The van der Waals surface area contributed by atoms with Gasteiger partial charge in [0.05, 0.1) is 12.3 Å². The van der Waals surface area contributed by atoms with E-state index in [-0.39, 0.29) is 11.5 Å². The Hall–Kier alpha value is -2.32. The van der Waals surface area contributed by atoms with E-state index in [0.29, 0.717) is 25.4 Å². The van der Waals surface area contributed by atoms with E-state index < -0.39 is 0 Å². The Kier molecular flexibility index (Phi) is 5.30. The minimum absolute atomic E-state index is 0.0145. The van der Waals surface area contributed by atoms with Crippen LogP contribution < -0.4 is 0 Å². The number of piperidine rings is 1. The molecule has 4 heterocycles. The van der Waals surface area contributed by atoms with Crippen LogP contribution in [-0.4, -0.2) is 68.5 Å². The average Bonchev–Trinajstić information content (AvgIpc) is 3.48. The molecule has 2 fully saturated rings. The van der Waals surface area contributed by atoms with E-state index in [4.69, 9.17) is 9.72 Å². The molecule has 3 aliphatic rings. The first-order valence-corrected chi connectivity index (χ1v) is 11.4. The van der Waals surface area contributed by atoms with Crippen LogP contribution in [0, 0.1) is 19.8 Å². The Morgan fingerprint density at radius 2 is 1.97 bits per heavy atom. The summed E-state index contributed by atoms with van der Waals surface area (Å²) in [6.45, 7) is 8.76. The molecule has 31 heavy (non-hydrogen) atoms. The smallest absolute Gasteiger partial charge is 0.272 e. The molecule has 1 aliphatic carbocycles. The number of rotatable bonds is 5. The SMILES string of the molecule is Cc1ncnc(C(=O)N2CCC3(CC2)OCCn2c(CN(C)CC4CC4)cnc23)c1C. The van der Waals surface area contributed by atoms with Crippen LogP contribution in [0.4, 0.5) is 0 Å². The molecule has 0 unspecified atom stereocenters. The summed E-state index contributed by atoms with van der Waals surface area (Å²) in [6, 6.07) is 0. The highest BCUT2D eigenvalue weighted by Gasteiger charge is 2.44. The molecule has 2 aromatic heterocycles. The summed E-state index contributed by atoms with van der Waals surface area (Å²) in [4.78, 5) is 30.7. The second-order valence-electron chi connectivity index (χ2n) is 9.43. The van der Waals surface area contributed by atoms with E-state index in [0.717, 1.165) is 48.9 Å². The fraction of sp³-hybridized carbons (Fsp3) is 0.652. The molecule has 0 radical (unpaired) electrons. The second-order valence-corrected chi connectivity index (χ2v) is 9.43. The number of aryl methyl sites for hydroxylation is 1. The summed E-state index contributed by atoms with van der Waals surface area (Å²) in [7, 11) is 2.20. The average molecular weight is 425 g/mol. The number of nitrogens with zero attached hydrogens (tertiary/aromatic N) is 6. The van der Waals surface area contributed by atoms with Gasteiger partial charge in [0, 0.05) is 63.0 Å². The number of fused-ring (bicyclic) bond motifs is 2. The third-order valence-electron chi connectivity index (χ3n) is 7.13. The van der Waals surface area contributed by atoms with Crippen LogP contribution in [0.15, 0.2) is 12.5 Å². The van der Waals surface area contributed by atoms with Gasteiger partial charge in [0.25, 0.3) is 5.91 Å². The lowest BCUT2D eigenvalue weighted by atomic mass is 9.89. The van der Waals surface area contributed by atoms with Crippen molar-refractivity contribution in [3.8, 4) is 0 Å². The van der Waals surface area contributed by atoms with Crippen molar-refractivity contribution in [3.05, 3.63) is 41.0 Å². The molecule has 5 rings (SSSR count). The highest BCUT2D eigenvalue weighted by Crippen LogP contribution is 2.39. The Labute approximate surface area is 183 Å². The zero-order chi connectivity index (χ0) is 21.6. The van der Waals surface area contributed by atoms with Crippen LogP contribution in [0.5, 0.6) is 0 Å². The minimum Gasteiger partial charge on any atom is -0.365 e. The molecule has 0 bridgehead atoms. The van der Waals surface area contributed by atoms with Gasteiger partial charge in [0.2, 0.25) is 0 Å². The molecule has 166 valence electrons. The van der Waals surface area contributed by atoms with Crippen molar-refractivity contribution in [1.29, 1.82) is 0 Å². The van der Waals surface area contributed by atoms with E-state index >= 15 is 0 Å². The van der Waals surface area contributed by atoms with Gasteiger partial charge in [-0.2, -0.15) is 0 Å². The van der Waals surface area contributed by atoms with Gasteiger partial charge in [-0.05, 0) is 39.7 Å². The molecule has 2 aromatic rings. The standard InChI is InChI=1S/C23H32N6O2/c1-16-17(2)25-15-26-20(16)21(30)28-8-6-23(7-9-28)22-24-12-19(29(22)10-11-31-23)14-27(3)13-18-4-5-18/h12,15,18H,4-11,13-14H2,1-3H3. The summed E-state index contributed by atoms with van der Waals surface area (Å²) in [6.07, 6.45) is 7.76. The van der Waals surface area contributed by atoms with E-state index in [1.807, 2.05) is 24.9 Å². The maximum atomic E-state index is 13.1. The third-order valence-corrected chi connectivity index (χ3v) is 7.13. The Morgan fingerprint density at radius 3 is 2.71 bits per heavy atom. The number of hydrogen-bond acceptors (Lipinski definition) is 6. The van der Waals surface area contributed by atoms with Gasteiger partial charge in [0.1, 0.15) is 23.4 Å². The van der Waals surface area contributed by atoms with Crippen molar-refractivity contribution < 1.29 is 9.53 Å². The van der Waals surface area contributed by atoms with Crippen LogP contribution >= 0.6 is 0 Å². The number of likely N-dealkylation sites (tertiary alicyclic amines) is 1. The number of carbonyl (C=O) groups is 1. The molecule has 0 N–H and O–H groups in total. The van der Waals surface area contributed by atoms with E-state index in [9.17, 15) is 4.79 Å². The van der Waals surface area contributed by atoms with Gasteiger partial charge in [-0.15, -0.1) is 0 Å². The number of imidazole rings is 1. The maximum absolute atomic E-state index is 13.1. The number of hydrogen-bond donors (Lipinski definition) is 0. The number of amides is 1. The second kappa shape index (κ2) is 7.98. The van der Waals surface area contributed by atoms with Gasteiger partial charge < -0.3 is 19.1 Å². The fourth-order valence-corrected chi connectivity index (χ4v) is 4.97. The van der Waals surface area contributed by atoms with Crippen molar-refractivity contribution >= 4 is 5.91 Å². The summed E-state index contributed by atoms with van der Waals surface area (Å²) < 4.78 is 8.71. The van der Waals surface area contributed by atoms with Gasteiger partial charge in [0.15, 0.2) is 0 Å². The normalized spacial score (nSPS) is 20.3. The Balaban J connectivity index is 1.30. The molecular formula is C23H32N6O2. The van der Waals surface area contributed by atoms with E-state index in [1.165, 1.54) is 31.4 Å². The molecule has 1 saturated heterocycles. The van der Waals surface area contributed by atoms with Gasteiger partial charge in [-0.3, -0.25) is 4.79 Å². The molecule has 1 amide bonds. The van der Waals surface area contributed by atoms with Gasteiger partial charge in [-0.1, -0.05) is 0 Å². The van der Waals surface area contributed by atoms with Crippen molar-refractivity contribution in [2.24, 2.45) is 5.92 Å². The predicted octanol–water partition coefficient (Wildman–Crippen LogP) is 2.29. The lowest BCUT2D eigenvalue weighted by molar-refractivity contribution is -0.112. The van der Waals surface area contributed by atoms with Crippen LogP contribution in [0.2, 0.25) is 0 Å². The first-order valence-electron chi connectivity index (χ1n) is 11.4. The Bertz CT molecular complexity index is 974. The number of aromatic nitrogens is 4. The summed E-state index contributed by atoms with van der Waals surface area (Å²) in [5, 5.41) is 0. The van der Waals surface area contributed by atoms with Crippen LogP contribution in [0.25, 0.3) is 0 Å². The quantitative estimate of drug-likeness (QED) is 0.733. The molecule has 8 nitrogen and oxygen atoms in total. The topological polar surface area (TPSA) is 76.4 Å². The van der Waals surface area contributed by atoms with Crippen LogP contribution in [0.3, 0.4) is 0 Å². The number of carbonyl (C=O) groups excluding carboxylic acids is 1. The molecular weight excluding hydrogens is 392 g/mol. The monoisotopic (exact) mass is 424 g/mol. The first kappa shape index (κ1) is 20.6. The third kappa shape index (κ3) is 3.87. The molecule has 2 aliphatic heterocycles. The molecule has 8 heteroatoms. The molecule has 0 atom stereocenters. The van der Waals surface area contributed by atoms with Crippen molar-refractivity contribution in [3.63, 3.8) is 0 Å². The van der Waals surface area contributed by atoms with Crippen LogP contribution in [0.1, 0.15) is 58.9 Å². The zero-order valence-electron chi connectivity index (χ0n) is 18.8. The van der Waals surface area contributed by atoms with Gasteiger partial charge >= 0.3 is 0 Å². The lowest BCUT2D eigenvalue weighted by Gasteiger charge is -2.43. The summed E-state index contributed by atoms with van der Waals surface area (Å²) in [5.41, 5.74) is 3.10. The molecule has 0 aromatic carbocycles. The van der Waals surface area contributed by atoms with E-state index in [1.54, 1.807) is 0 Å². The molecule has 1 spiro atoms. The van der Waals surface area contributed by atoms with Crippen LogP contribution in [-0.2, 0) is 23.4 Å². The van der Waals surface area contributed by atoms with Crippen molar-refractivity contribution in [2.75, 3.05) is 33.3 Å². The lowest BCUT2D eigenvalue weighted by Crippen LogP contribution is -2.50. The highest BCUT2D eigenvalue weighted by atomic mass is 16.5. The largest absolute Gasteiger partial charge is 0.365 e. The van der Waals surface area contributed by atoms with Crippen molar-refractivity contribution in [1.82, 2.24) is 29.3 Å². The minimum atomic E-state index is -0.390. The van der Waals surface area contributed by atoms with E-state index in [2.05, 4.69) is 26.5 Å². The summed E-state index contributed by atoms with van der Waals surface area (Å²) >= 11 is 0.